The van der Waals surface area contributed by atoms with Crippen molar-refractivity contribution in [1.29, 1.82) is 0 Å². The number of hydrogen-bond donors (Lipinski definition) is 1. The van der Waals surface area contributed by atoms with Crippen molar-refractivity contribution < 1.29 is 14.3 Å². The number of aryl methyl sites for hydroxylation is 2. The van der Waals surface area contributed by atoms with Gasteiger partial charge in [-0.05, 0) is 77.0 Å². The molecule has 3 atom stereocenters. The number of benzene rings is 1. The van der Waals surface area contributed by atoms with Crippen molar-refractivity contribution in [3.05, 3.63) is 29.3 Å². The summed E-state index contributed by atoms with van der Waals surface area (Å²) in [6.07, 6.45) is 2.47. The molecule has 25 heavy (non-hydrogen) atoms. The lowest BCUT2D eigenvalue weighted by molar-refractivity contribution is -0.122. The van der Waals surface area contributed by atoms with Crippen LogP contribution in [0.5, 0.6) is 0 Å². The van der Waals surface area contributed by atoms with E-state index in [2.05, 4.69) is 5.32 Å². The van der Waals surface area contributed by atoms with Crippen LogP contribution in [0, 0.1) is 19.8 Å². The maximum Gasteiger partial charge on any atom is 0.411 e. The Bertz CT molecular complexity index is 693. The molecule has 2 bridgehead atoms. The highest BCUT2D eigenvalue weighted by Gasteiger charge is 2.52. The second kappa shape index (κ2) is 6.36. The van der Waals surface area contributed by atoms with E-state index in [9.17, 15) is 9.59 Å². The number of rotatable bonds is 2. The lowest BCUT2D eigenvalue weighted by atomic mass is 9.97. The minimum Gasteiger partial charge on any atom is -0.444 e. The lowest BCUT2D eigenvalue weighted by Crippen LogP contribution is -2.52. The molecule has 1 aliphatic carbocycles. The summed E-state index contributed by atoms with van der Waals surface area (Å²) in [4.78, 5) is 27.3. The maximum atomic E-state index is 13.0. The number of carbonyl (C=O) groups is 2. The Morgan fingerprint density at radius 2 is 1.92 bits per heavy atom. The van der Waals surface area contributed by atoms with Crippen molar-refractivity contribution >= 4 is 17.7 Å². The van der Waals surface area contributed by atoms with E-state index < -0.39 is 11.6 Å². The molecule has 0 aromatic heterocycles. The van der Waals surface area contributed by atoms with E-state index in [0.717, 1.165) is 36.1 Å². The van der Waals surface area contributed by atoms with Crippen molar-refractivity contribution in [3.8, 4) is 0 Å². The van der Waals surface area contributed by atoms with Crippen molar-refractivity contribution in [2.24, 2.45) is 5.92 Å². The molecule has 2 amide bonds. The number of nitrogens with zero attached hydrogens (tertiary/aromatic N) is 1. The van der Waals surface area contributed by atoms with E-state index in [0.29, 0.717) is 0 Å². The predicted octanol–water partition coefficient (Wildman–Crippen LogP) is 4.03. The number of likely N-dealkylation sites (tertiary alicyclic amines) is 1. The predicted molar refractivity (Wildman–Crippen MR) is 97.5 cm³/mol. The van der Waals surface area contributed by atoms with E-state index in [4.69, 9.17) is 4.74 Å². The van der Waals surface area contributed by atoms with E-state index >= 15 is 0 Å². The molecule has 5 heteroatoms. The second-order valence-electron chi connectivity index (χ2n) is 8.37. The molecule has 2 fully saturated rings. The van der Waals surface area contributed by atoms with E-state index in [1.54, 1.807) is 4.90 Å². The molecule has 2 unspecified atom stereocenters. The number of ether oxygens (including phenoxy) is 1. The first-order chi connectivity index (χ1) is 11.7. The average molecular weight is 344 g/mol. The van der Waals surface area contributed by atoms with Gasteiger partial charge >= 0.3 is 6.09 Å². The molecule has 0 spiro atoms. The average Bonchev–Trinajstić information content (AvgIpc) is 3.09. The number of anilines is 1. The highest BCUT2D eigenvalue weighted by molar-refractivity contribution is 5.98. The summed E-state index contributed by atoms with van der Waals surface area (Å²) >= 11 is 0. The van der Waals surface area contributed by atoms with Gasteiger partial charge in [0.15, 0.2) is 0 Å². The Kier molecular flexibility index (Phi) is 4.52. The third-order valence-corrected chi connectivity index (χ3v) is 5.11. The molecule has 1 saturated carbocycles. The van der Waals surface area contributed by atoms with Gasteiger partial charge in [0.25, 0.3) is 0 Å². The van der Waals surface area contributed by atoms with Gasteiger partial charge in [-0.2, -0.15) is 0 Å². The fourth-order valence-electron chi connectivity index (χ4n) is 3.98. The van der Waals surface area contributed by atoms with Gasteiger partial charge in [0.1, 0.15) is 11.6 Å². The van der Waals surface area contributed by atoms with Crippen LogP contribution in [0.4, 0.5) is 10.5 Å². The molecule has 0 radical (unpaired) electrons. The molecular weight excluding hydrogens is 316 g/mol. The summed E-state index contributed by atoms with van der Waals surface area (Å²) in [5.74, 6) is 0.120. The monoisotopic (exact) mass is 344 g/mol. The summed E-state index contributed by atoms with van der Waals surface area (Å²) in [6, 6.07) is 5.67. The number of fused-ring (bicyclic) bond motifs is 2. The fraction of sp³-hybridized carbons (Fsp3) is 0.600. The highest BCUT2D eigenvalue weighted by atomic mass is 16.6. The van der Waals surface area contributed by atoms with Crippen LogP contribution in [0.1, 0.15) is 51.2 Å². The topological polar surface area (TPSA) is 58.6 Å². The highest BCUT2D eigenvalue weighted by Crippen LogP contribution is 2.43. The Balaban J connectivity index is 1.80. The molecule has 2 aliphatic rings. The Morgan fingerprint density at radius 1 is 1.20 bits per heavy atom. The number of piperidine rings is 1. The Labute approximate surface area is 149 Å². The largest absolute Gasteiger partial charge is 0.444 e. The van der Waals surface area contributed by atoms with Gasteiger partial charge < -0.3 is 10.1 Å². The molecular formula is C20H28N2O3. The van der Waals surface area contributed by atoms with Crippen molar-refractivity contribution in [1.82, 2.24) is 4.90 Å². The van der Waals surface area contributed by atoms with Crippen LogP contribution >= 0.6 is 0 Å². The molecule has 136 valence electrons. The van der Waals surface area contributed by atoms with Crippen molar-refractivity contribution in [2.45, 2.75) is 71.6 Å². The van der Waals surface area contributed by atoms with E-state index in [1.165, 1.54) is 0 Å². The van der Waals surface area contributed by atoms with Crippen molar-refractivity contribution in [3.63, 3.8) is 0 Å². The van der Waals surface area contributed by atoms with Crippen LogP contribution in [-0.4, -0.2) is 34.6 Å². The summed E-state index contributed by atoms with van der Waals surface area (Å²) in [5.41, 5.74) is 2.37. The van der Waals surface area contributed by atoms with Crippen LogP contribution in [0.2, 0.25) is 0 Å². The Hall–Kier alpha value is -2.04. The molecule has 1 aromatic rings. The van der Waals surface area contributed by atoms with Crippen LogP contribution in [0.25, 0.3) is 0 Å². The van der Waals surface area contributed by atoms with Crippen molar-refractivity contribution in [2.75, 3.05) is 5.32 Å². The van der Waals surface area contributed by atoms with Gasteiger partial charge in [-0.3, -0.25) is 9.69 Å². The lowest BCUT2D eigenvalue weighted by Gasteiger charge is -2.35. The standard InChI is InChI=1S/C20H28N2O3/c1-12-6-7-13(2)16(10-12)21-18(23)17-14-8-9-15(11-14)22(17)19(24)25-20(3,4)5/h6-7,10,14-15,17H,8-9,11H2,1-5H3,(H,21,23)/t14-,15?,17?/m0/s1. The SMILES string of the molecule is Cc1ccc(C)c(NC(=O)C2[C@H]3CCC(C3)N2C(=O)OC(C)(C)C)c1. The molecule has 1 heterocycles. The van der Waals surface area contributed by atoms with Crippen LogP contribution in [0.3, 0.4) is 0 Å². The number of carbonyl (C=O) groups excluding carboxylic acids is 2. The van der Waals surface area contributed by atoms with Gasteiger partial charge in [0.2, 0.25) is 5.91 Å². The quantitative estimate of drug-likeness (QED) is 0.881. The summed E-state index contributed by atoms with van der Waals surface area (Å²) in [5, 5.41) is 3.04. The molecule has 1 N–H and O–H groups in total. The molecule has 1 saturated heterocycles. The summed E-state index contributed by atoms with van der Waals surface area (Å²) < 4.78 is 5.55. The number of hydrogen-bond acceptors (Lipinski definition) is 3. The van der Waals surface area contributed by atoms with Crippen LogP contribution in [-0.2, 0) is 9.53 Å². The number of amides is 2. The van der Waals surface area contributed by atoms with Gasteiger partial charge in [-0.1, -0.05) is 12.1 Å². The van der Waals surface area contributed by atoms with Gasteiger partial charge in [-0.15, -0.1) is 0 Å². The van der Waals surface area contributed by atoms with Gasteiger partial charge in [-0.25, -0.2) is 4.79 Å². The molecule has 1 aliphatic heterocycles. The zero-order valence-electron chi connectivity index (χ0n) is 15.8. The van der Waals surface area contributed by atoms with E-state index in [1.807, 2.05) is 52.8 Å². The maximum absolute atomic E-state index is 13.0. The first kappa shape index (κ1) is 17.8. The van der Waals surface area contributed by atoms with E-state index in [-0.39, 0.29) is 24.0 Å². The smallest absolute Gasteiger partial charge is 0.411 e. The Morgan fingerprint density at radius 3 is 2.60 bits per heavy atom. The summed E-state index contributed by atoms with van der Waals surface area (Å²) in [6.45, 7) is 9.53. The molecule has 1 aromatic carbocycles. The second-order valence-corrected chi connectivity index (χ2v) is 8.37. The van der Waals surface area contributed by atoms with Gasteiger partial charge in [0, 0.05) is 11.7 Å². The first-order valence-corrected chi connectivity index (χ1v) is 9.05. The van der Waals surface area contributed by atoms with Crippen LogP contribution < -0.4 is 5.32 Å². The van der Waals surface area contributed by atoms with Crippen LogP contribution in [0.15, 0.2) is 18.2 Å². The number of nitrogens with one attached hydrogen (secondary N) is 1. The molecule has 5 nitrogen and oxygen atoms in total. The zero-order chi connectivity index (χ0) is 18.4. The summed E-state index contributed by atoms with van der Waals surface area (Å²) in [7, 11) is 0. The zero-order valence-corrected chi connectivity index (χ0v) is 15.8. The third-order valence-electron chi connectivity index (χ3n) is 5.11. The fourth-order valence-corrected chi connectivity index (χ4v) is 3.98. The van der Waals surface area contributed by atoms with Gasteiger partial charge in [0.05, 0.1) is 0 Å². The minimum absolute atomic E-state index is 0.105. The molecule has 3 rings (SSSR count). The third kappa shape index (κ3) is 3.65. The first-order valence-electron chi connectivity index (χ1n) is 9.05. The normalized spacial score (nSPS) is 25.2. The minimum atomic E-state index is -0.562.